The quantitative estimate of drug-likeness (QED) is 0.863. The van der Waals surface area contributed by atoms with Crippen LogP contribution in [0.2, 0.25) is 0 Å². The van der Waals surface area contributed by atoms with Crippen molar-refractivity contribution < 1.29 is 17.9 Å². The molecular formula is C17H26N2O4S. The summed E-state index contributed by atoms with van der Waals surface area (Å²) in [7, 11) is -0.312. The van der Waals surface area contributed by atoms with Crippen LogP contribution in [0.3, 0.4) is 0 Å². The van der Waals surface area contributed by atoms with Gasteiger partial charge < -0.3 is 10.1 Å². The van der Waals surface area contributed by atoms with Crippen LogP contribution in [0.4, 0.5) is 0 Å². The fourth-order valence-electron chi connectivity index (χ4n) is 3.12. The SMILES string of the molecule is Cc1cc(C)c(C(=O)N[C@@H]2COC[C@H]2CS(=O)(=O)N(C)C)c(C)c1. The van der Waals surface area contributed by atoms with Crippen LogP contribution in [0, 0.1) is 26.7 Å². The highest BCUT2D eigenvalue weighted by Crippen LogP contribution is 2.20. The highest BCUT2D eigenvalue weighted by molar-refractivity contribution is 7.89. The van der Waals surface area contributed by atoms with E-state index >= 15 is 0 Å². The summed E-state index contributed by atoms with van der Waals surface area (Å²) < 4.78 is 30.8. The fourth-order valence-corrected chi connectivity index (χ4v) is 4.29. The van der Waals surface area contributed by atoms with Gasteiger partial charge in [0.2, 0.25) is 10.0 Å². The second kappa shape index (κ2) is 7.21. The number of rotatable bonds is 5. The van der Waals surface area contributed by atoms with E-state index < -0.39 is 10.0 Å². The highest BCUT2D eigenvalue weighted by Gasteiger charge is 2.34. The molecule has 1 aromatic carbocycles. The summed E-state index contributed by atoms with van der Waals surface area (Å²) in [5.41, 5.74) is 3.60. The Bertz CT molecular complexity index is 705. The fraction of sp³-hybridized carbons (Fsp3) is 0.588. The van der Waals surface area contributed by atoms with Gasteiger partial charge in [-0.3, -0.25) is 4.79 Å². The number of amides is 1. The first kappa shape index (κ1) is 18.9. The van der Waals surface area contributed by atoms with Crippen molar-refractivity contribution in [1.29, 1.82) is 0 Å². The zero-order valence-corrected chi connectivity index (χ0v) is 15.7. The number of hydrogen-bond acceptors (Lipinski definition) is 4. The standard InChI is InChI=1S/C17H26N2O4S/c1-11-6-12(2)16(13(3)7-11)17(20)18-15-9-23-8-14(15)10-24(21,22)19(4)5/h6-7,14-15H,8-10H2,1-5H3,(H,18,20)/t14-,15+/m0/s1. The molecule has 134 valence electrons. The van der Waals surface area contributed by atoms with Gasteiger partial charge in [0.25, 0.3) is 5.91 Å². The second-order valence-corrected chi connectivity index (χ2v) is 8.94. The molecule has 1 saturated heterocycles. The molecule has 7 heteroatoms. The van der Waals surface area contributed by atoms with Gasteiger partial charge in [-0.1, -0.05) is 17.7 Å². The Kier molecular flexibility index (Phi) is 5.67. The van der Waals surface area contributed by atoms with E-state index in [0.717, 1.165) is 16.7 Å². The van der Waals surface area contributed by atoms with E-state index in [0.29, 0.717) is 18.8 Å². The Labute approximate surface area is 144 Å². The van der Waals surface area contributed by atoms with Crippen molar-refractivity contribution in [3.63, 3.8) is 0 Å². The van der Waals surface area contributed by atoms with E-state index in [2.05, 4.69) is 5.32 Å². The van der Waals surface area contributed by atoms with Crippen LogP contribution in [0.5, 0.6) is 0 Å². The summed E-state index contributed by atoms with van der Waals surface area (Å²) in [4.78, 5) is 12.7. The molecule has 1 N–H and O–H groups in total. The summed E-state index contributed by atoms with van der Waals surface area (Å²) in [6, 6.07) is 3.65. The third-order valence-corrected chi connectivity index (χ3v) is 6.36. The number of nitrogens with one attached hydrogen (secondary N) is 1. The molecular weight excluding hydrogens is 328 g/mol. The van der Waals surface area contributed by atoms with Gasteiger partial charge >= 0.3 is 0 Å². The minimum absolute atomic E-state index is 0.0309. The highest BCUT2D eigenvalue weighted by atomic mass is 32.2. The zero-order valence-electron chi connectivity index (χ0n) is 14.9. The number of aryl methyl sites for hydroxylation is 3. The molecule has 2 atom stereocenters. The van der Waals surface area contributed by atoms with E-state index in [-0.39, 0.29) is 23.6 Å². The Morgan fingerprint density at radius 1 is 1.21 bits per heavy atom. The van der Waals surface area contributed by atoms with Crippen molar-refractivity contribution in [2.45, 2.75) is 26.8 Å². The molecule has 0 spiro atoms. The zero-order chi connectivity index (χ0) is 18.1. The maximum Gasteiger partial charge on any atom is 0.252 e. The molecule has 1 heterocycles. The molecule has 0 bridgehead atoms. The molecule has 1 fully saturated rings. The maximum atomic E-state index is 12.7. The van der Waals surface area contributed by atoms with Gasteiger partial charge in [0.1, 0.15) is 0 Å². The summed E-state index contributed by atoms with van der Waals surface area (Å²) in [6.07, 6.45) is 0. The predicted molar refractivity (Wildman–Crippen MR) is 93.7 cm³/mol. The first-order chi connectivity index (χ1) is 11.1. The molecule has 0 unspecified atom stereocenters. The molecule has 0 aliphatic carbocycles. The lowest BCUT2D eigenvalue weighted by Gasteiger charge is -2.22. The van der Waals surface area contributed by atoms with Crippen LogP contribution in [0.15, 0.2) is 12.1 Å². The maximum absolute atomic E-state index is 12.7. The predicted octanol–water partition coefficient (Wildman–Crippen LogP) is 1.25. The largest absolute Gasteiger partial charge is 0.379 e. The summed E-state index contributed by atoms with van der Waals surface area (Å²) in [5.74, 6) is -0.447. The van der Waals surface area contributed by atoms with Crippen LogP contribution >= 0.6 is 0 Å². The minimum atomic E-state index is -3.33. The van der Waals surface area contributed by atoms with Crippen LogP contribution in [0.25, 0.3) is 0 Å². The topological polar surface area (TPSA) is 75.7 Å². The van der Waals surface area contributed by atoms with Crippen molar-refractivity contribution in [3.05, 3.63) is 34.4 Å². The molecule has 1 aliphatic rings. The van der Waals surface area contributed by atoms with Gasteiger partial charge in [0, 0.05) is 25.6 Å². The summed E-state index contributed by atoms with van der Waals surface area (Å²) in [6.45, 7) is 6.49. The third kappa shape index (κ3) is 4.15. The molecule has 2 rings (SSSR count). The van der Waals surface area contributed by atoms with Gasteiger partial charge in [0.15, 0.2) is 0 Å². The van der Waals surface area contributed by atoms with Gasteiger partial charge in [-0.15, -0.1) is 0 Å². The summed E-state index contributed by atoms with van der Waals surface area (Å²) in [5, 5.41) is 2.96. The molecule has 24 heavy (non-hydrogen) atoms. The number of carbonyl (C=O) groups is 1. The second-order valence-electron chi connectivity index (χ2n) is 6.71. The van der Waals surface area contributed by atoms with E-state index in [1.165, 1.54) is 18.4 Å². The Hall–Kier alpha value is -1.44. The lowest BCUT2D eigenvalue weighted by molar-refractivity contribution is 0.0924. The number of sulfonamides is 1. The number of benzene rings is 1. The van der Waals surface area contributed by atoms with Crippen molar-refractivity contribution in [3.8, 4) is 0 Å². The van der Waals surface area contributed by atoms with Crippen LogP contribution < -0.4 is 5.32 Å². The van der Waals surface area contributed by atoms with Crippen LogP contribution in [-0.2, 0) is 14.8 Å². The third-order valence-electron chi connectivity index (χ3n) is 4.40. The van der Waals surface area contributed by atoms with Gasteiger partial charge in [-0.05, 0) is 31.9 Å². The van der Waals surface area contributed by atoms with Crippen molar-refractivity contribution in [2.75, 3.05) is 33.1 Å². The smallest absolute Gasteiger partial charge is 0.252 e. The van der Waals surface area contributed by atoms with E-state index in [4.69, 9.17) is 4.74 Å². The molecule has 0 saturated carbocycles. The van der Waals surface area contributed by atoms with Gasteiger partial charge in [-0.2, -0.15) is 0 Å². The molecule has 1 aromatic rings. The lowest BCUT2D eigenvalue weighted by Crippen LogP contribution is -2.44. The molecule has 0 radical (unpaired) electrons. The number of hydrogen-bond donors (Lipinski definition) is 1. The molecule has 0 aromatic heterocycles. The average Bonchev–Trinajstić information content (AvgIpc) is 2.83. The Morgan fingerprint density at radius 2 is 1.79 bits per heavy atom. The number of nitrogens with zero attached hydrogens (tertiary/aromatic N) is 1. The van der Waals surface area contributed by atoms with E-state index in [1.54, 1.807) is 0 Å². The Morgan fingerprint density at radius 3 is 2.33 bits per heavy atom. The molecule has 6 nitrogen and oxygen atoms in total. The average molecular weight is 354 g/mol. The van der Waals surface area contributed by atoms with Crippen molar-refractivity contribution in [1.82, 2.24) is 9.62 Å². The molecule has 1 amide bonds. The number of ether oxygens (including phenoxy) is 1. The minimum Gasteiger partial charge on any atom is -0.379 e. The van der Waals surface area contributed by atoms with Crippen LogP contribution in [0.1, 0.15) is 27.0 Å². The van der Waals surface area contributed by atoms with Crippen molar-refractivity contribution >= 4 is 15.9 Å². The van der Waals surface area contributed by atoms with Gasteiger partial charge in [0.05, 0.1) is 25.0 Å². The van der Waals surface area contributed by atoms with E-state index in [9.17, 15) is 13.2 Å². The lowest BCUT2D eigenvalue weighted by atomic mass is 9.98. The summed E-state index contributed by atoms with van der Waals surface area (Å²) >= 11 is 0. The first-order valence-corrected chi connectivity index (χ1v) is 9.59. The van der Waals surface area contributed by atoms with E-state index in [1.807, 2.05) is 32.9 Å². The van der Waals surface area contributed by atoms with Crippen molar-refractivity contribution in [2.24, 2.45) is 5.92 Å². The Balaban J connectivity index is 2.14. The monoisotopic (exact) mass is 354 g/mol. The van der Waals surface area contributed by atoms with Crippen LogP contribution in [-0.4, -0.2) is 57.7 Å². The first-order valence-electron chi connectivity index (χ1n) is 7.98. The van der Waals surface area contributed by atoms with Gasteiger partial charge in [-0.25, -0.2) is 12.7 Å². The normalized spacial score (nSPS) is 21.2. The number of carbonyl (C=O) groups excluding carboxylic acids is 1. The molecule has 1 aliphatic heterocycles.